The third-order valence-electron chi connectivity index (χ3n) is 2.29. The van der Waals surface area contributed by atoms with E-state index in [9.17, 15) is 9.59 Å². The number of carboxylic acids is 1. The number of hydrogen-bond acceptors (Lipinski definition) is 3. The summed E-state index contributed by atoms with van der Waals surface area (Å²) in [6, 6.07) is 5.35. The van der Waals surface area contributed by atoms with Crippen molar-refractivity contribution >= 4 is 35.2 Å². The van der Waals surface area contributed by atoms with Crippen LogP contribution in [0, 0.1) is 0 Å². The summed E-state index contributed by atoms with van der Waals surface area (Å²) in [7, 11) is 0. The van der Waals surface area contributed by atoms with Gasteiger partial charge in [0.2, 0.25) is 5.91 Å². The summed E-state index contributed by atoms with van der Waals surface area (Å²) < 4.78 is 0. The number of aliphatic carboxylic acids is 1. The second-order valence-corrected chi connectivity index (χ2v) is 5.06. The lowest BCUT2D eigenvalue weighted by molar-refractivity contribution is -0.142. The Morgan fingerprint density at radius 1 is 1.39 bits per heavy atom. The SMILES string of the molecule is CSCCC(=O)NC(C(=O)O)c1ccc(Cl)cc1. The number of carbonyl (C=O) groups excluding carboxylic acids is 1. The Labute approximate surface area is 115 Å². The highest BCUT2D eigenvalue weighted by Crippen LogP contribution is 2.17. The number of benzene rings is 1. The molecule has 6 heteroatoms. The number of thioether (sulfide) groups is 1. The van der Waals surface area contributed by atoms with Gasteiger partial charge in [-0.15, -0.1) is 0 Å². The van der Waals surface area contributed by atoms with E-state index in [0.29, 0.717) is 22.8 Å². The van der Waals surface area contributed by atoms with Crippen LogP contribution >= 0.6 is 23.4 Å². The van der Waals surface area contributed by atoms with Gasteiger partial charge in [0.1, 0.15) is 0 Å². The molecule has 0 fully saturated rings. The van der Waals surface area contributed by atoms with Crippen molar-refractivity contribution in [3.05, 3.63) is 34.9 Å². The highest BCUT2D eigenvalue weighted by molar-refractivity contribution is 7.98. The molecule has 0 bridgehead atoms. The molecule has 98 valence electrons. The largest absolute Gasteiger partial charge is 0.479 e. The van der Waals surface area contributed by atoms with E-state index >= 15 is 0 Å². The molecule has 1 unspecified atom stereocenters. The molecule has 0 radical (unpaired) electrons. The van der Waals surface area contributed by atoms with Crippen LogP contribution in [0.2, 0.25) is 5.02 Å². The molecule has 0 saturated carbocycles. The Morgan fingerprint density at radius 2 is 2.00 bits per heavy atom. The maximum absolute atomic E-state index is 11.5. The molecule has 1 rings (SSSR count). The third kappa shape index (κ3) is 4.58. The standard InChI is InChI=1S/C12H14ClNO3S/c1-18-7-6-10(15)14-11(12(16)17)8-2-4-9(13)5-3-8/h2-5,11H,6-7H2,1H3,(H,14,15)(H,16,17). The zero-order valence-corrected chi connectivity index (χ0v) is 11.4. The summed E-state index contributed by atoms with van der Waals surface area (Å²) in [6.45, 7) is 0. The van der Waals surface area contributed by atoms with Crippen LogP contribution in [-0.4, -0.2) is 29.0 Å². The van der Waals surface area contributed by atoms with E-state index < -0.39 is 12.0 Å². The van der Waals surface area contributed by atoms with Gasteiger partial charge in [0.15, 0.2) is 6.04 Å². The van der Waals surface area contributed by atoms with E-state index in [-0.39, 0.29) is 5.91 Å². The number of halogens is 1. The summed E-state index contributed by atoms with van der Waals surface area (Å²) >= 11 is 7.27. The Balaban J connectivity index is 2.74. The van der Waals surface area contributed by atoms with Gasteiger partial charge in [0.25, 0.3) is 0 Å². The Hall–Kier alpha value is -1.20. The van der Waals surface area contributed by atoms with Crippen molar-refractivity contribution < 1.29 is 14.7 Å². The zero-order valence-electron chi connectivity index (χ0n) is 9.85. The van der Waals surface area contributed by atoms with E-state index in [0.717, 1.165) is 0 Å². The van der Waals surface area contributed by atoms with Gasteiger partial charge in [-0.05, 0) is 24.0 Å². The van der Waals surface area contributed by atoms with Gasteiger partial charge in [-0.2, -0.15) is 11.8 Å². The van der Waals surface area contributed by atoms with Gasteiger partial charge in [-0.3, -0.25) is 4.79 Å². The van der Waals surface area contributed by atoms with Crippen molar-refractivity contribution in [2.24, 2.45) is 0 Å². The van der Waals surface area contributed by atoms with E-state index in [1.807, 2.05) is 6.26 Å². The summed E-state index contributed by atoms with van der Waals surface area (Å²) in [5.41, 5.74) is 0.504. The predicted molar refractivity (Wildman–Crippen MR) is 73.0 cm³/mol. The molecule has 2 N–H and O–H groups in total. The fourth-order valence-electron chi connectivity index (χ4n) is 1.37. The van der Waals surface area contributed by atoms with Gasteiger partial charge in [-0.25, -0.2) is 4.79 Å². The number of hydrogen-bond donors (Lipinski definition) is 2. The quantitative estimate of drug-likeness (QED) is 0.843. The highest BCUT2D eigenvalue weighted by atomic mass is 35.5. The van der Waals surface area contributed by atoms with Gasteiger partial charge in [0, 0.05) is 17.2 Å². The zero-order chi connectivity index (χ0) is 13.5. The van der Waals surface area contributed by atoms with E-state index in [2.05, 4.69) is 5.32 Å². The van der Waals surface area contributed by atoms with E-state index in [1.54, 1.807) is 24.3 Å². The first-order valence-electron chi connectivity index (χ1n) is 5.31. The molecule has 0 aromatic heterocycles. The van der Waals surface area contributed by atoms with Crippen molar-refractivity contribution in [2.45, 2.75) is 12.5 Å². The van der Waals surface area contributed by atoms with Crippen molar-refractivity contribution in [2.75, 3.05) is 12.0 Å². The molecule has 4 nitrogen and oxygen atoms in total. The summed E-state index contributed by atoms with van der Waals surface area (Å²) in [4.78, 5) is 22.7. The first-order valence-corrected chi connectivity index (χ1v) is 7.08. The summed E-state index contributed by atoms with van der Waals surface area (Å²) in [5, 5.41) is 12.1. The molecule has 0 heterocycles. The fourth-order valence-corrected chi connectivity index (χ4v) is 1.89. The molecule has 0 aliphatic rings. The van der Waals surface area contributed by atoms with Crippen LogP contribution in [0.5, 0.6) is 0 Å². The molecule has 0 spiro atoms. The lowest BCUT2D eigenvalue weighted by Gasteiger charge is -2.14. The van der Waals surface area contributed by atoms with Crippen LogP contribution < -0.4 is 5.32 Å². The first kappa shape index (κ1) is 14.9. The molecular formula is C12H14ClNO3S. The Bertz CT molecular complexity index is 422. The smallest absolute Gasteiger partial charge is 0.330 e. The molecule has 1 aromatic rings. The van der Waals surface area contributed by atoms with Crippen molar-refractivity contribution in [3.8, 4) is 0 Å². The Morgan fingerprint density at radius 3 is 2.50 bits per heavy atom. The number of carboxylic acid groups (broad SMARTS) is 1. The molecule has 0 saturated heterocycles. The van der Waals surface area contributed by atoms with Crippen molar-refractivity contribution in [3.63, 3.8) is 0 Å². The van der Waals surface area contributed by atoms with Gasteiger partial charge in [0.05, 0.1) is 0 Å². The number of nitrogens with one attached hydrogen (secondary N) is 1. The number of carbonyl (C=O) groups is 2. The first-order chi connectivity index (χ1) is 8.54. The molecular weight excluding hydrogens is 274 g/mol. The topological polar surface area (TPSA) is 66.4 Å². The lowest BCUT2D eigenvalue weighted by Crippen LogP contribution is -2.33. The summed E-state index contributed by atoms with van der Waals surface area (Å²) in [5.74, 6) is -0.694. The highest BCUT2D eigenvalue weighted by Gasteiger charge is 2.21. The number of amides is 1. The van der Waals surface area contributed by atoms with Crippen molar-refractivity contribution in [1.29, 1.82) is 0 Å². The molecule has 1 atom stereocenters. The second kappa shape index (κ2) is 7.28. The summed E-state index contributed by atoms with van der Waals surface area (Å²) in [6.07, 6.45) is 2.19. The molecule has 0 aliphatic heterocycles. The minimum Gasteiger partial charge on any atom is -0.479 e. The normalized spacial score (nSPS) is 11.9. The monoisotopic (exact) mass is 287 g/mol. The fraction of sp³-hybridized carbons (Fsp3) is 0.333. The van der Waals surface area contributed by atoms with Crippen LogP contribution in [0.25, 0.3) is 0 Å². The van der Waals surface area contributed by atoms with E-state index in [1.165, 1.54) is 11.8 Å². The minimum atomic E-state index is -1.09. The average molecular weight is 288 g/mol. The average Bonchev–Trinajstić information content (AvgIpc) is 2.34. The second-order valence-electron chi connectivity index (χ2n) is 3.63. The lowest BCUT2D eigenvalue weighted by atomic mass is 10.1. The third-order valence-corrected chi connectivity index (χ3v) is 3.15. The molecule has 1 amide bonds. The van der Waals surface area contributed by atoms with Crippen LogP contribution in [0.15, 0.2) is 24.3 Å². The van der Waals surface area contributed by atoms with Gasteiger partial charge < -0.3 is 10.4 Å². The maximum Gasteiger partial charge on any atom is 0.330 e. The van der Waals surface area contributed by atoms with E-state index in [4.69, 9.17) is 16.7 Å². The molecule has 0 aliphatic carbocycles. The number of rotatable bonds is 6. The van der Waals surface area contributed by atoms with Crippen LogP contribution in [0.1, 0.15) is 18.0 Å². The molecule has 1 aromatic carbocycles. The van der Waals surface area contributed by atoms with Crippen LogP contribution in [0.3, 0.4) is 0 Å². The van der Waals surface area contributed by atoms with Gasteiger partial charge in [-0.1, -0.05) is 23.7 Å². The predicted octanol–water partition coefficient (Wildman–Crippen LogP) is 2.33. The molecule has 18 heavy (non-hydrogen) atoms. The maximum atomic E-state index is 11.5. The minimum absolute atomic E-state index is 0.272. The van der Waals surface area contributed by atoms with Crippen molar-refractivity contribution in [1.82, 2.24) is 5.32 Å². The van der Waals surface area contributed by atoms with Crippen LogP contribution in [0.4, 0.5) is 0 Å². The van der Waals surface area contributed by atoms with Gasteiger partial charge >= 0.3 is 5.97 Å². The Kier molecular flexibility index (Phi) is 6.01. The van der Waals surface area contributed by atoms with Crippen LogP contribution in [-0.2, 0) is 9.59 Å².